The Kier molecular flexibility index (Phi) is 2.52. The topological polar surface area (TPSA) is 37.4 Å². The lowest BCUT2D eigenvalue weighted by Gasteiger charge is -2.23. The maximum atomic E-state index is 12.3. The fourth-order valence-electron chi connectivity index (χ4n) is 2.67. The van der Waals surface area contributed by atoms with E-state index in [1.54, 1.807) is 24.3 Å². The molecule has 92 valence electrons. The van der Waals surface area contributed by atoms with Crippen molar-refractivity contribution >= 4 is 23.4 Å². The van der Waals surface area contributed by atoms with Gasteiger partial charge in [0.2, 0.25) is 0 Å². The molecule has 1 heterocycles. The summed E-state index contributed by atoms with van der Waals surface area (Å²) in [6.07, 6.45) is 1.47. The van der Waals surface area contributed by atoms with E-state index in [1.165, 1.54) is 4.90 Å². The zero-order valence-corrected chi connectivity index (χ0v) is 10.7. The smallest absolute Gasteiger partial charge is 0.262 e. The largest absolute Gasteiger partial charge is 0.269 e. The first-order valence-corrected chi connectivity index (χ1v) is 6.31. The van der Waals surface area contributed by atoms with Crippen LogP contribution in [0.4, 0.5) is 0 Å². The van der Waals surface area contributed by atoms with E-state index in [-0.39, 0.29) is 17.9 Å². The van der Waals surface area contributed by atoms with Crippen LogP contribution in [0, 0.1) is 0 Å². The molecule has 0 N–H and O–H groups in total. The van der Waals surface area contributed by atoms with Crippen LogP contribution in [0.3, 0.4) is 0 Å². The van der Waals surface area contributed by atoms with E-state index in [0.717, 1.165) is 23.4 Å². The second-order valence-electron chi connectivity index (χ2n) is 4.67. The molecule has 1 aliphatic carbocycles. The summed E-state index contributed by atoms with van der Waals surface area (Å²) in [5.41, 5.74) is 1.93. The summed E-state index contributed by atoms with van der Waals surface area (Å²) in [5.74, 6) is -0.405. The first-order valence-electron chi connectivity index (χ1n) is 5.93. The quantitative estimate of drug-likeness (QED) is 0.729. The fraction of sp³-hybridized carbons (Fsp3) is 0.286. The third-order valence-corrected chi connectivity index (χ3v) is 4.19. The molecule has 0 spiro atoms. The summed E-state index contributed by atoms with van der Waals surface area (Å²) in [7, 11) is 0. The number of nitrogens with zero attached hydrogens (tertiary/aromatic N) is 1. The van der Waals surface area contributed by atoms with Gasteiger partial charge >= 0.3 is 0 Å². The highest BCUT2D eigenvalue weighted by Gasteiger charge is 2.41. The third kappa shape index (κ3) is 1.44. The van der Waals surface area contributed by atoms with E-state index in [9.17, 15) is 9.59 Å². The van der Waals surface area contributed by atoms with Crippen LogP contribution in [-0.4, -0.2) is 22.8 Å². The number of halogens is 1. The highest BCUT2D eigenvalue weighted by Crippen LogP contribution is 2.36. The molecule has 0 bridgehead atoms. The lowest BCUT2D eigenvalue weighted by molar-refractivity contribution is 0.0607. The number of hydrogen-bond acceptors (Lipinski definition) is 2. The summed E-state index contributed by atoms with van der Waals surface area (Å²) >= 11 is 6.07. The van der Waals surface area contributed by atoms with Gasteiger partial charge in [-0.05, 0) is 37.5 Å². The minimum atomic E-state index is -0.202. The Bertz CT molecular complexity index is 556. The van der Waals surface area contributed by atoms with Gasteiger partial charge in [-0.2, -0.15) is 0 Å². The molecule has 3 rings (SSSR count). The number of carbonyl (C=O) groups is 2. The van der Waals surface area contributed by atoms with Gasteiger partial charge in [-0.25, -0.2) is 0 Å². The number of hydrogen-bond donors (Lipinski definition) is 0. The third-order valence-electron chi connectivity index (χ3n) is 3.70. The van der Waals surface area contributed by atoms with Crippen molar-refractivity contribution in [3.63, 3.8) is 0 Å². The molecule has 0 saturated heterocycles. The number of amides is 2. The Morgan fingerprint density at radius 2 is 1.72 bits per heavy atom. The van der Waals surface area contributed by atoms with Gasteiger partial charge in [-0.1, -0.05) is 23.7 Å². The number of carbonyl (C=O) groups excluding carboxylic acids is 2. The van der Waals surface area contributed by atoms with Crippen molar-refractivity contribution in [2.75, 3.05) is 0 Å². The molecule has 1 aromatic carbocycles. The summed E-state index contributed by atoms with van der Waals surface area (Å²) in [6, 6.07) is 6.77. The highest BCUT2D eigenvalue weighted by molar-refractivity contribution is 6.30. The Balaban J connectivity index is 2.03. The minimum absolute atomic E-state index is 0.176. The lowest BCUT2D eigenvalue weighted by atomic mass is 10.1. The van der Waals surface area contributed by atoms with E-state index in [0.29, 0.717) is 11.1 Å². The average molecular weight is 262 g/mol. The summed E-state index contributed by atoms with van der Waals surface area (Å²) < 4.78 is 0. The molecule has 0 fully saturated rings. The molecule has 2 aliphatic rings. The Hall–Kier alpha value is -1.61. The molecule has 2 amide bonds. The molecule has 0 radical (unpaired) electrons. The van der Waals surface area contributed by atoms with Crippen LogP contribution in [0.5, 0.6) is 0 Å². The standard InChI is InChI=1S/C14H12ClNO2/c1-8-11(15)6-7-12(8)16-13(17)9-4-2-3-5-10(9)14(16)18/h2-5,12H,6-7H2,1H3. The van der Waals surface area contributed by atoms with Crippen LogP contribution in [0.2, 0.25) is 0 Å². The SMILES string of the molecule is CC1=C(Cl)CCC1N1C(=O)c2ccccc2C1=O. The molecule has 3 nitrogen and oxygen atoms in total. The zero-order valence-electron chi connectivity index (χ0n) is 9.94. The van der Waals surface area contributed by atoms with Gasteiger partial charge in [0.25, 0.3) is 11.8 Å². The number of rotatable bonds is 1. The Morgan fingerprint density at radius 3 is 2.17 bits per heavy atom. The second kappa shape index (κ2) is 3.95. The van der Waals surface area contributed by atoms with Crippen LogP contribution in [0.25, 0.3) is 0 Å². The summed E-state index contributed by atoms with van der Waals surface area (Å²) in [5, 5.41) is 0.775. The van der Waals surface area contributed by atoms with Gasteiger partial charge in [0.1, 0.15) is 0 Å². The molecule has 1 aromatic rings. The molecule has 1 atom stereocenters. The monoisotopic (exact) mass is 261 g/mol. The predicted molar refractivity (Wildman–Crippen MR) is 68.5 cm³/mol. The summed E-state index contributed by atoms with van der Waals surface area (Å²) in [6.45, 7) is 1.89. The second-order valence-corrected chi connectivity index (χ2v) is 5.12. The molecule has 0 saturated carbocycles. The van der Waals surface area contributed by atoms with Crippen molar-refractivity contribution < 1.29 is 9.59 Å². The van der Waals surface area contributed by atoms with Crippen LogP contribution in [-0.2, 0) is 0 Å². The van der Waals surface area contributed by atoms with Crippen LogP contribution in [0.15, 0.2) is 34.9 Å². The van der Waals surface area contributed by atoms with Crippen LogP contribution in [0.1, 0.15) is 40.5 Å². The maximum Gasteiger partial charge on any atom is 0.262 e. The van der Waals surface area contributed by atoms with Gasteiger partial charge in [0.05, 0.1) is 17.2 Å². The van der Waals surface area contributed by atoms with E-state index < -0.39 is 0 Å². The fourth-order valence-corrected chi connectivity index (χ4v) is 2.91. The van der Waals surface area contributed by atoms with Gasteiger partial charge in [-0.15, -0.1) is 0 Å². The van der Waals surface area contributed by atoms with E-state index in [4.69, 9.17) is 11.6 Å². The van der Waals surface area contributed by atoms with Gasteiger partial charge < -0.3 is 0 Å². The molecule has 1 aliphatic heterocycles. The Labute approximate surface area is 110 Å². The van der Waals surface area contributed by atoms with Gasteiger partial charge in [0, 0.05) is 5.03 Å². The minimum Gasteiger partial charge on any atom is -0.269 e. The van der Waals surface area contributed by atoms with Gasteiger partial charge in [-0.3, -0.25) is 14.5 Å². The van der Waals surface area contributed by atoms with E-state index in [2.05, 4.69) is 0 Å². The normalized spacial score (nSPS) is 23.0. The number of benzene rings is 1. The van der Waals surface area contributed by atoms with Crippen molar-refractivity contribution in [3.8, 4) is 0 Å². The molecule has 0 aromatic heterocycles. The summed E-state index contributed by atoms with van der Waals surface area (Å²) in [4.78, 5) is 25.9. The predicted octanol–water partition coefficient (Wildman–Crippen LogP) is 2.96. The molecule has 1 unspecified atom stereocenters. The van der Waals surface area contributed by atoms with Crippen molar-refractivity contribution in [1.29, 1.82) is 0 Å². The molecular weight excluding hydrogens is 250 g/mol. The molecule has 4 heteroatoms. The number of allylic oxidation sites excluding steroid dienone is 1. The Morgan fingerprint density at radius 1 is 1.17 bits per heavy atom. The first-order chi connectivity index (χ1) is 8.61. The molecule has 18 heavy (non-hydrogen) atoms. The van der Waals surface area contributed by atoms with Gasteiger partial charge in [0.15, 0.2) is 0 Å². The molecular formula is C14H12ClNO2. The van der Waals surface area contributed by atoms with E-state index >= 15 is 0 Å². The average Bonchev–Trinajstić information content (AvgIpc) is 2.82. The van der Waals surface area contributed by atoms with Crippen LogP contribution < -0.4 is 0 Å². The highest BCUT2D eigenvalue weighted by atomic mass is 35.5. The van der Waals surface area contributed by atoms with Crippen molar-refractivity contribution in [1.82, 2.24) is 4.90 Å². The lowest BCUT2D eigenvalue weighted by Crippen LogP contribution is -2.39. The number of fused-ring (bicyclic) bond motifs is 1. The zero-order chi connectivity index (χ0) is 12.9. The van der Waals surface area contributed by atoms with E-state index in [1.807, 2.05) is 6.92 Å². The number of imide groups is 1. The van der Waals surface area contributed by atoms with Crippen molar-refractivity contribution in [2.45, 2.75) is 25.8 Å². The van der Waals surface area contributed by atoms with Crippen molar-refractivity contribution in [2.24, 2.45) is 0 Å². The van der Waals surface area contributed by atoms with Crippen LogP contribution >= 0.6 is 11.6 Å². The van der Waals surface area contributed by atoms with Crippen molar-refractivity contribution in [3.05, 3.63) is 46.0 Å². The maximum absolute atomic E-state index is 12.3. The first kappa shape index (κ1) is 11.5.